The molecule has 1 aromatic heterocycles. The Morgan fingerprint density at radius 3 is 2.32 bits per heavy atom. The van der Waals surface area contributed by atoms with Crippen molar-refractivity contribution < 1.29 is 14.3 Å². The Balaban J connectivity index is 1.73. The van der Waals surface area contributed by atoms with Gasteiger partial charge in [-0.25, -0.2) is 4.68 Å². The molecule has 0 fully saturated rings. The van der Waals surface area contributed by atoms with Crippen molar-refractivity contribution in [3.8, 4) is 28.4 Å². The Morgan fingerprint density at radius 1 is 0.903 bits per heavy atom. The summed E-state index contributed by atoms with van der Waals surface area (Å²) in [6.45, 7) is 1.97. The van der Waals surface area contributed by atoms with Gasteiger partial charge in [-0.3, -0.25) is 4.79 Å². The van der Waals surface area contributed by atoms with Gasteiger partial charge in [-0.15, -0.1) is 0 Å². The van der Waals surface area contributed by atoms with Crippen LogP contribution in [-0.2, 0) is 0 Å². The number of anilines is 1. The number of rotatable bonds is 6. The van der Waals surface area contributed by atoms with Crippen LogP contribution in [0.2, 0.25) is 0 Å². The Hall–Kier alpha value is -4.06. The number of hydrogen-bond donors (Lipinski definition) is 1. The molecule has 0 aliphatic heterocycles. The van der Waals surface area contributed by atoms with Crippen LogP contribution in [-0.4, -0.2) is 29.9 Å². The van der Waals surface area contributed by atoms with E-state index in [0.717, 1.165) is 28.3 Å². The van der Waals surface area contributed by atoms with Crippen molar-refractivity contribution in [3.63, 3.8) is 0 Å². The van der Waals surface area contributed by atoms with Gasteiger partial charge in [0, 0.05) is 5.56 Å². The second-order valence-electron chi connectivity index (χ2n) is 7.05. The minimum absolute atomic E-state index is 0.303. The lowest BCUT2D eigenvalue weighted by Crippen LogP contribution is -2.14. The maximum absolute atomic E-state index is 13.0. The molecular formula is C25H23N3O3. The SMILES string of the molecule is COc1ccc(-c2cc(C(=O)Nc3ccc(C)cc3OC)nn2-c2ccccc2)cc1. The average Bonchev–Trinajstić information content (AvgIpc) is 3.26. The van der Waals surface area contributed by atoms with Crippen molar-refractivity contribution in [2.75, 3.05) is 19.5 Å². The summed E-state index contributed by atoms with van der Waals surface area (Å²) in [5.41, 5.74) is 4.53. The van der Waals surface area contributed by atoms with Crippen LogP contribution >= 0.6 is 0 Å². The van der Waals surface area contributed by atoms with E-state index in [2.05, 4.69) is 10.4 Å². The van der Waals surface area contributed by atoms with Gasteiger partial charge in [-0.1, -0.05) is 24.3 Å². The molecular weight excluding hydrogens is 390 g/mol. The van der Waals surface area contributed by atoms with E-state index in [-0.39, 0.29) is 5.91 Å². The number of nitrogens with one attached hydrogen (secondary N) is 1. The highest BCUT2D eigenvalue weighted by Crippen LogP contribution is 2.28. The topological polar surface area (TPSA) is 65.4 Å². The Bertz CT molecular complexity index is 1200. The van der Waals surface area contributed by atoms with Gasteiger partial charge in [0.15, 0.2) is 5.69 Å². The first-order valence-corrected chi connectivity index (χ1v) is 9.85. The van der Waals surface area contributed by atoms with E-state index < -0.39 is 0 Å². The van der Waals surface area contributed by atoms with Gasteiger partial charge in [0.2, 0.25) is 0 Å². The highest BCUT2D eigenvalue weighted by Gasteiger charge is 2.18. The van der Waals surface area contributed by atoms with Gasteiger partial charge < -0.3 is 14.8 Å². The average molecular weight is 413 g/mol. The smallest absolute Gasteiger partial charge is 0.276 e. The molecule has 4 aromatic rings. The van der Waals surface area contributed by atoms with Crippen molar-refractivity contribution in [2.24, 2.45) is 0 Å². The van der Waals surface area contributed by atoms with E-state index in [1.807, 2.05) is 79.7 Å². The molecule has 0 aliphatic rings. The summed E-state index contributed by atoms with van der Waals surface area (Å²) in [5, 5.41) is 7.51. The van der Waals surface area contributed by atoms with Crippen LogP contribution < -0.4 is 14.8 Å². The summed E-state index contributed by atoms with van der Waals surface area (Å²) < 4.78 is 12.4. The lowest BCUT2D eigenvalue weighted by molar-refractivity contribution is 0.102. The van der Waals surface area contributed by atoms with E-state index in [9.17, 15) is 4.79 Å². The van der Waals surface area contributed by atoms with Crippen LogP contribution in [0.25, 0.3) is 16.9 Å². The summed E-state index contributed by atoms with van der Waals surface area (Å²) in [6, 6.07) is 24.8. The first-order valence-electron chi connectivity index (χ1n) is 9.85. The zero-order valence-electron chi connectivity index (χ0n) is 17.6. The molecule has 1 N–H and O–H groups in total. The van der Waals surface area contributed by atoms with Gasteiger partial charge >= 0.3 is 0 Å². The number of methoxy groups -OCH3 is 2. The monoisotopic (exact) mass is 413 g/mol. The normalized spacial score (nSPS) is 10.5. The first-order chi connectivity index (χ1) is 15.1. The Labute approximate surface area is 181 Å². The van der Waals surface area contributed by atoms with E-state index in [0.29, 0.717) is 17.1 Å². The van der Waals surface area contributed by atoms with Crippen molar-refractivity contribution in [3.05, 3.63) is 90.1 Å². The second kappa shape index (κ2) is 8.75. The fourth-order valence-electron chi connectivity index (χ4n) is 3.31. The zero-order valence-corrected chi connectivity index (χ0v) is 17.6. The highest BCUT2D eigenvalue weighted by molar-refractivity contribution is 6.04. The molecule has 3 aromatic carbocycles. The predicted molar refractivity (Wildman–Crippen MR) is 121 cm³/mol. The standard InChI is InChI=1S/C25H23N3O3/c1-17-9-14-21(24(15-17)31-3)26-25(29)22-16-23(18-10-12-20(30-2)13-11-18)28(27-22)19-7-5-4-6-8-19/h4-16H,1-3H3,(H,26,29). The molecule has 0 aliphatic carbocycles. The molecule has 0 spiro atoms. The number of amides is 1. The lowest BCUT2D eigenvalue weighted by Gasteiger charge is -2.10. The number of aryl methyl sites for hydroxylation is 1. The number of hydrogen-bond acceptors (Lipinski definition) is 4. The van der Waals surface area contributed by atoms with Gasteiger partial charge in [0.05, 0.1) is 31.3 Å². The summed E-state index contributed by atoms with van der Waals surface area (Å²) in [7, 11) is 3.21. The largest absolute Gasteiger partial charge is 0.497 e. The summed E-state index contributed by atoms with van der Waals surface area (Å²) in [4.78, 5) is 13.0. The number of para-hydroxylation sites is 1. The van der Waals surface area contributed by atoms with Gasteiger partial charge in [0.1, 0.15) is 11.5 Å². The number of ether oxygens (including phenoxy) is 2. The highest BCUT2D eigenvalue weighted by atomic mass is 16.5. The number of carbonyl (C=O) groups is 1. The Morgan fingerprint density at radius 2 is 1.65 bits per heavy atom. The fourth-order valence-corrected chi connectivity index (χ4v) is 3.31. The van der Waals surface area contributed by atoms with Crippen molar-refractivity contribution in [1.29, 1.82) is 0 Å². The third-order valence-electron chi connectivity index (χ3n) is 4.93. The molecule has 0 atom stereocenters. The molecule has 0 unspecified atom stereocenters. The molecule has 0 radical (unpaired) electrons. The third kappa shape index (κ3) is 4.28. The lowest BCUT2D eigenvalue weighted by atomic mass is 10.1. The van der Waals surface area contributed by atoms with Gasteiger partial charge in [0.25, 0.3) is 5.91 Å². The molecule has 156 valence electrons. The van der Waals surface area contributed by atoms with E-state index in [1.165, 1.54) is 0 Å². The van der Waals surface area contributed by atoms with Crippen LogP contribution in [0.15, 0.2) is 78.9 Å². The van der Waals surface area contributed by atoms with Crippen molar-refractivity contribution in [1.82, 2.24) is 9.78 Å². The van der Waals surface area contributed by atoms with Crippen LogP contribution in [0.1, 0.15) is 16.1 Å². The molecule has 1 heterocycles. The van der Waals surface area contributed by atoms with E-state index in [1.54, 1.807) is 25.0 Å². The number of aromatic nitrogens is 2. The number of benzene rings is 3. The van der Waals surface area contributed by atoms with Gasteiger partial charge in [-0.2, -0.15) is 5.10 Å². The van der Waals surface area contributed by atoms with E-state index >= 15 is 0 Å². The minimum Gasteiger partial charge on any atom is -0.497 e. The molecule has 6 heteroatoms. The Kier molecular flexibility index (Phi) is 5.71. The van der Waals surface area contributed by atoms with Crippen LogP contribution in [0.5, 0.6) is 11.5 Å². The van der Waals surface area contributed by atoms with Crippen LogP contribution in [0, 0.1) is 6.92 Å². The summed E-state index contributed by atoms with van der Waals surface area (Å²) >= 11 is 0. The number of nitrogens with zero attached hydrogens (tertiary/aromatic N) is 2. The second-order valence-corrected chi connectivity index (χ2v) is 7.05. The third-order valence-corrected chi connectivity index (χ3v) is 4.93. The van der Waals surface area contributed by atoms with Crippen molar-refractivity contribution in [2.45, 2.75) is 6.92 Å². The quantitative estimate of drug-likeness (QED) is 0.477. The summed E-state index contributed by atoms with van der Waals surface area (Å²) in [5.74, 6) is 1.05. The zero-order chi connectivity index (χ0) is 21.8. The maximum atomic E-state index is 13.0. The molecule has 0 saturated carbocycles. The van der Waals surface area contributed by atoms with Gasteiger partial charge in [-0.05, 0) is 67.1 Å². The fraction of sp³-hybridized carbons (Fsp3) is 0.120. The molecule has 4 rings (SSSR count). The molecule has 1 amide bonds. The molecule has 0 saturated heterocycles. The number of carbonyl (C=O) groups excluding carboxylic acids is 1. The van der Waals surface area contributed by atoms with E-state index in [4.69, 9.17) is 9.47 Å². The molecule has 6 nitrogen and oxygen atoms in total. The minimum atomic E-state index is -0.313. The maximum Gasteiger partial charge on any atom is 0.276 e. The summed E-state index contributed by atoms with van der Waals surface area (Å²) in [6.07, 6.45) is 0. The van der Waals surface area contributed by atoms with Crippen molar-refractivity contribution >= 4 is 11.6 Å². The molecule has 0 bridgehead atoms. The first kappa shape index (κ1) is 20.2. The molecule has 31 heavy (non-hydrogen) atoms. The van der Waals surface area contributed by atoms with Crippen LogP contribution in [0.4, 0.5) is 5.69 Å². The van der Waals surface area contributed by atoms with Crippen LogP contribution in [0.3, 0.4) is 0 Å². The predicted octanol–water partition coefficient (Wildman–Crippen LogP) is 5.12.